The predicted molar refractivity (Wildman–Crippen MR) is 73.4 cm³/mol. The highest BCUT2D eigenvalue weighted by atomic mass is 35.5. The van der Waals surface area contributed by atoms with Crippen LogP contribution in [0.4, 0.5) is 0 Å². The fraction of sp³-hybridized carbons (Fsp3) is 0.417. The highest BCUT2D eigenvalue weighted by Gasteiger charge is 2.15. The van der Waals surface area contributed by atoms with Crippen molar-refractivity contribution >= 4 is 29.9 Å². The molecule has 0 aromatic heterocycles. The van der Waals surface area contributed by atoms with E-state index in [-0.39, 0.29) is 24.2 Å². The molecule has 0 bridgehead atoms. The summed E-state index contributed by atoms with van der Waals surface area (Å²) in [7, 11) is 1.77. The number of hydrogen-bond donors (Lipinski definition) is 1. The van der Waals surface area contributed by atoms with Crippen molar-refractivity contribution in [2.24, 2.45) is 11.7 Å². The predicted octanol–water partition coefficient (Wildman–Crippen LogP) is 2.32. The van der Waals surface area contributed by atoms with E-state index < -0.39 is 0 Å². The van der Waals surface area contributed by atoms with Gasteiger partial charge in [-0.15, -0.1) is 12.4 Å². The van der Waals surface area contributed by atoms with Crippen LogP contribution in [0.1, 0.15) is 12.5 Å². The van der Waals surface area contributed by atoms with Crippen LogP contribution >= 0.6 is 24.0 Å². The second-order valence-corrected chi connectivity index (χ2v) is 4.40. The van der Waals surface area contributed by atoms with Crippen LogP contribution in [0.3, 0.4) is 0 Å². The Labute approximate surface area is 113 Å². The summed E-state index contributed by atoms with van der Waals surface area (Å²) >= 11 is 5.87. The second kappa shape index (κ2) is 7.54. The molecule has 0 radical (unpaired) electrons. The van der Waals surface area contributed by atoms with Gasteiger partial charge in [-0.1, -0.05) is 30.7 Å². The van der Waals surface area contributed by atoms with E-state index in [0.717, 1.165) is 5.56 Å². The third-order valence-corrected chi connectivity index (χ3v) is 2.70. The Hall–Kier alpha value is -0.770. The molecule has 96 valence electrons. The molecule has 0 aliphatic carbocycles. The smallest absolute Gasteiger partial charge is 0.226 e. The van der Waals surface area contributed by atoms with Gasteiger partial charge in [-0.3, -0.25) is 4.79 Å². The Morgan fingerprint density at radius 1 is 1.53 bits per heavy atom. The summed E-state index contributed by atoms with van der Waals surface area (Å²) in [4.78, 5) is 13.4. The standard InChI is InChI=1S/C12H17ClN2O.ClH/c1-9(7-14)12(16)15(2)8-10-4-3-5-11(13)6-10;/h3-6,9H,7-8,14H2,1-2H3;1H. The molecule has 3 nitrogen and oxygen atoms in total. The third-order valence-electron chi connectivity index (χ3n) is 2.46. The van der Waals surface area contributed by atoms with Crippen LogP contribution in [0.25, 0.3) is 0 Å². The zero-order valence-corrected chi connectivity index (χ0v) is 11.6. The molecular formula is C12H18Cl2N2O. The highest BCUT2D eigenvalue weighted by Crippen LogP contribution is 2.13. The molecule has 1 amide bonds. The van der Waals surface area contributed by atoms with Gasteiger partial charge in [0.05, 0.1) is 0 Å². The molecule has 0 saturated carbocycles. The molecule has 0 saturated heterocycles. The molecule has 1 unspecified atom stereocenters. The summed E-state index contributed by atoms with van der Waals surface area (Å²) in [6.07, 6.45) is 0. The molecule has 0 aliphatic rings. The van der Waals surface area contributed by atoms with Crippen LogP contribution in [0.15, 0.2) is 24.3 Å². The van der Waals surface area contributed by atoms with Gasteiger partial charge in [0.2, 0.25) is 5.91 Å². The van der Waals surface area contributed by atoms with Gasteiger partial charge in [-0.2, -0.15) is 0 Å². The number of carbonyl (C=O) groups is 1. The molecule has 1 atom stereocenters. The summed E-state index contributed by atoms with van der Waals surface area (Å²) in [5.74, 6) is -0.0772. The zero-order valence-electron chi connectivity index (χ0n) is 10.0. The summed E-state index contributed by atoms with van der Waals surface area (Å²) < 4.78 is 0. The number of rotatable bonds is 4. The third kappa shape index (κ3) is 4.94. The highest BCUT2D eigenvalue weighted by molar-refractivity contribution is 6.30. The van der Waals surface area contributed by atoms with Crippen molar-refractivity contribution in [2.75, 3.05) is 13.6 Å². The second-order valence-electron chi connectivity index (χ2n) is 3.96. The summed E-state index contributed by atoms with van der Waals surface area (Å²) in [5, 5.41) is 0.685. The van der Waals surface area contributed by atoms with E-state index in [2.05, 4.69) is 0 Å². The number of benzene rings is 1. The Morgan fingerprint density at radius 2 is 2.18 bits per heavy atom. The zero-order chi connectivity index (χ0) is 12.1. The van der Waals surface area contributed by atoms with Crippen molar-refractivity contribution in [2.45, 2.75) is 13.5 Å². The van der Waals surface area contributed by atoms with Crippen LogP contribution in [0.2, 0.25) is 5.02 Å². The average molecular weight is 277 g/mol. The molecule has 0 fully saturated rings. The van der Waals surface area contributed by atoms with E-state index in [4.69, 9.17) is 17.3 Å². The number of halogens is 2. The van der Waals surface area contributed by atoms with E-state index >= 15 is 0 Å². The first-order valence-corrected chi connectivity index (χ1v) is 5.62. The van der Waals surface area contributed by atoms with Crippen molar-refractivity contribution in [3.8, 4) is 0 Å². The SMILES string of the molecule is CC(CN)C(=O)N(C)Cc1cccc(Cl)c1.Cl. The molecule has 1 rings (SSSR count). The van der Waals surface area contributed by atoms with E-state index in [9.17, 15) is 4.79 Å². The molecule has 1 aromatic carbocycles. The molecule has 5 heteroatoms. The van der Waals surface area contributed by atoms with Gasteiger partial charge in [-0.25, -0.2) is 0 Å². The van der Waals surface area contributed by atoms with Crippen molar-refractivity contribution in [3.05, 3.63) is 34.9 Å². The van der Waals surface area contributed by atoms with Crippen molar-refractivity contribution < 1.29 is 4.79 Å². The summed E-state index contributed by atoms with van der Waals surface area (Å²) in [6, 6.07) is 7.50. The number of nitrogens with two attached hydrogens (primary N) is 1. The minimum atomic E-state index is -0.135. The van der Waals surface area contributed by atoms with Crippen LogP contribution in [-0.4, -0.2) is 24.4 Å². The molecule has 17 heavy (non-hydrogen) atoms. The maximum atomic E-state index is 11.8. The van der Waals surface area contributed by atoms with Gasteiger partial charge in [0.25, 0.3) is 0 Å². The van der Waals surface area contributed by atoms with E-state index in [1.54, 1.807) is 11.9 Å². The lowest BCUT2D eigenvalue weighted by atomic mass is 10.1. The fourth-order valence-corrected chi connectivity index (χ4v) is 1.68. The fourth-order valence-electron chi connectivity index (χ4n) is 1.46. The normalized spacial score (nSPS) is 11.5. The lowest BCUT2D eigenvalue weighted by Gasteiger charge is -2.20. The number of amides is 1. The Kier molecular flexibility index (Phi) is 7.19. The molecule has 0 heterocycles. The maximum absolute atomic E-state index is 11.8. The first kappa shape index (κ1) is 16.2. The van der Waals surface area contributed by atoms with Crippen LogP contribution in [-0.2, 0) is 11.3 Å². The van der Waals surface area contributed by atoms with E-state index in [1.807, 2.05) is 31.2 Å². The Balaban J connectivity index is 0.00000256. The van der Waals surface area contributed by atoms with E-state index in [1.165, 1.54) is 0 Å². The summed E-state index contributed by atoms with van der Waals surface area (Å²) in [6.45, 7) is 2.76. The van der Waals surface area contributed by atoms with Crippen LogP contribution in [0, 0.1) is 5.92 Å². The minimum Gasteiger partial charge on any atom is -0.341 e. The quantitative estimate of drug-likeness (QED) is 0.918. The molecule has 1 aromatic rings. The first-order valence-electron chi connectivity index (χ1n) is 5.24. The molecule has 0 spiro atoms. The largest absolute Gasteiger partial charge is 0.341 e. The van der Waals surface area contributed by atoms with Gasteiger partial charge in [0.15, 0.2) is 0 Å². The van der Waals surface area contributed by atoms with Gasteiger partial charge in [0, 0.05) is 31.1 Å². The van der Waals surface area contributed by atoms with Crippen molar-refractivity contribution in [1.82, 2.24) is 4.90 Å². The van der Waals surface area contributed by atoms with Crippen molar-refractivity contribution in [1.29, 1.82) is 0 Å². The molecular weight excluding hydrogens is 259 g/mol. The van der Waals surface area contributed by atoms with Crippen LogP contribution < -0.4 is 5.73 Å². The number of carbonyl (C=O) groups excluding carboxylic acids is 1. The Bertz CT molecular complexity index is 371. The monoisotopic (exact) mass is 276 g/mol. The van der Waals surface area contributed by atoms with Gasteiger partial charge in [0.1, 0.15) is 0 Å². The maximum Gasteiger partial charge on any atom is 0.226 e. The topological polar surface area (TPSA) is 46.3 Å². The number of nitrogens with zero attached hydrogens (tertiary/aromatic N) is 1. The summed E-state index contributed by atoms with van der Waals surface area (Å²) in [5.41, 5.74) is 6.48. The van der Waals surface area contributed by atoms with Gasteiger partial charge in [-0.05, 0) is 17.7 Å². The van der Waals surface area contributed by atoms with Crippen LogP contribution in [0.5, 0.6) is 0 Å². The first-order chi connectivity index (χ1) is 7.54. The Morgan fingerprint density at radius 3 is 2.71 bits per heavy atom. The van der Waals surface area contributed by atoms with Gasteiger partial charge >= 0.3 is 0 Å². The molecule has 2 N–H and O–H groups in total. The lowest BCUT2D eigenvalue weighted by Crippen LogP contribution is -2.34. The lowest BCUT2D eigenvalue weighted by molar-refractivity contribution is -0.133. The van der Waals surface area contributed by atoms with E-state index in [0.29, 0.717) is 18.1 Å². The number of hydrogen-bond acceptors (Lipinski definition) is 2. The minimum absolute atomic E-state index is 0. The average Bonchev–Trinajstić information content (AvgIpc) is 2.27. The van der Waals surface area contributed by atoms with Gasteiger partial charge < -0.3 is 10.6 Å². The van der Waals surface area contributed by atoms with Crippen molar-refractivity contribution in [3.63, 3.8) is 0 Å². The molecule has 0 aliphatic heterocycles.